The van der Waals surface area contributed by atoms with E-state index in [-0.39, 0.29) is 6.42 Å². The van der Waals surface area contributed by atoms with Crippen molar-refractivity contribution in [2.24, 2.45) is 5.41 Å². The number of ether oxygens (including phenoxy) is 4. The number of rotatable bonds is 30. The lowest BCUT2D eigenvalue weighted by Crippen LogP contribution is -2.34. The Hall–Kier alpha value is -1.22. The van der Waals surface area contributed by atoms with Gasteiger partial charge in [0.25, 0.3) is 0 Å². The third-order valence-electron chi connectivity index (χ3n) is 6.73. The Morgan fingerprint density at radius 1 is 0.514 bits per heavy atom. The summed E-state index contributed by atoms with van der Waals surface area (Å²) in [5.74, 6) is -1.60. The highest BCUT2D eigenvalue weighted by molar-refractivity contribution is 5.74. The van der Waals surface area contributed by atoms with Crippen LogP contribution in [0.3, 0.4) is 0 Å². The maximum atomic E-state index is 12.4. The summed E-state index contributed by atoms with van der Waals surface area (Å²) in [7, 11) is 0. The van der Waals surface area contributed by atoms with E-state index in [0.717, 1.165) is 45.3 Å². The molecule has 37 heavy (non-hydrogen) atoms. The molecule has 0 aromatic rings. The fraction of sp³-hybridized carbons (Fsp3) is 0.931. The van der Waals surface area contributed by atoms with Gasteiger partial charge in [0.1, 0.15) is 0 Å². The van der Waals surface area contributed by atoms with Crippen molar-refractivity contribution >= 4 is 11.9 Å². The van der Waals surface area contributed by atoms with Gasteiger partial charge in [0, 0.05) is 32.8 Å². The second-order valence-electron chi connectivity index (χ2n) is 9.96. The van der Waals surface area contributed by atoms with E-state index in [4.69, 9.17) is 24.1 Å². The van der Waals surface area contributed by atoms with Crippen LogP contribution >= 0.6 is 0 Å². The van der Waals surface area contributed by atoms with Crippen molar-refractivity contribution in [3.63, 3.8) is 0 Å². The predicted molar refractivity (Wildman–Crippen MR) is 146 cm³/mol. The molecule has 0 bridgehead atoms. The highest BCUT2D eigenvalue weighted by atomic mass is 16.5. The Balaban J connectivity index is 4.41. The second-order valence-corrected chi connectivity index (χ2v) is 9.96. The average molecular weight is 533 g/mol. The number of hydrogen-bond donors (Lipinski definition) is 2. The van der Waals surface area contributed by atoms with Crippen LogP contribution in [0, 0.1) is 5.41 Å². The molecule has 0 saturated heterocycles. The van der Waals surface area contributed by atoms with Crippen LogP contribution in [0.25, 0.3) is 0 Å². The maximum Gasteiger partial charge on any atom is 0.309 e. The quantitative estimate of drug-likeness (QED) is 0.101. The molecule has 0 saturated carbocycles. The molecule has 0 aromatic heterocycles. The molecule has 0 aliphatic carbocycles. The molecular formula is C29H56O8. The minimum Gasteiger partial charge on any atom is -0.481 e. The standard InChI is InChI=1S/C29H56O8/c1-3-5-7-13-19-34-23-25-36-21-17-29(28(32)33,16-12-10-9-11-15-27(30)31)18-22-37-26-24-35-20-14-8-6-4-2/h3-26H2,1-2H3,(H,30,31)(H,32,33). The molecule has 0 rings (SSSR count). The van der Waals surface area contributed by atoms with Crippen LogP contribution < -0.4 is 0 Å². The summed E-state index contributed by atoms with van der Waals surface area (Å²) >= 11 is 0. The van der Waals surface area contributed by atoms with Gasteiger partial charge in [-0.05, 0) is 38.5 Å². The Morgan fingerprint density at radius 2 is 0.946 bits per heavy atom. The first-order valence-electron chi connectivity index (χ1n) is 14.7. The van der Waals surface area contributed by atoms with E-state index in [0.29, 0.717) is 65.3 Å². The fourth-order valence-electron chi connectivity index (χ4n) is 4.23. The van der Waals surface area contributed by atoms with E-state index in [1.807, 2.05) is 0 Å². The summed E-state index contributed by atoms with van der Waals surface area (Å²) in [6.45, 7) is 8.56. The van der Waals surface area contributed by atoms with E-state index in [2.05, 4.69) is 13.8 Å². The van der Waals surface area contributed by atoms with Gasteiger partial charge in [-0.3, -0.25) is 9.59 Å². The second kappa shape index (κ2) is 26.4. The van der Waals surface area contributed by atoms with Crippen molar-refractivity contribution in [1.29, 1.82) is 0 Å². The van der Waals surface area contributed by atoms with Crippen molar-refractivity contribution < 1.29 is 38.7 Å². The van der Waals surface area contributed by atoms with Gasteiger partial charge in [-0.1, -0.05) is 71.6 Å². The highest BCUT2D eigenvalue weighted by Crippen LogP contribution is 2.34. The van der Waals surface area contributed by atoms with Crippen LogP contribution in [-0.2, 0) is 28.5 Å². The van der Waals surface area contributed by atoms with Crippen LogP contribution in [0.15, 0.2) is 0 Å². The molecule has 0 amide bonds. The molecule has 0 aromatic carbocycles. The van der Waals surface area contributed by atoms with Crippen molar-refractivity contribution in [3.8, 4) is 0 Å². The molecule has 0 spiro atoms. The molecule has 0 unspecified atom stereocenters. The Bertz CT molecular complexity index is 502. The smallest absolute Gasteiger partial charge is 0.309 e. The summed E-state index contributed by atoms with van der Waals surface area (Å²) < 4.78 is 22.7. The SMILES string of the molecule is CCCCCCOCCOCCC(CCCCCCC(=O)O)(CCOCCOCCCCCC)C(=O)O. The Kier molecular flexibility index (Phi) is 25.5. The Labute approximate surface area is 225 Å². The van der Waals surface area contributed by atoms with E-state index in [1.165, 1.54) is 38.5 Å². The maximum absolute atomic E-state index is 12.4. The monoisotopic (exact) mass is 532 g/mol. The molecule has 0 atom stereocenters. The zero-order valence-corrected chi connectivity index (χ0v) is 23.8. The minimum absolute atomic E-state index is 0.160. The lowest BCUT2D eigenvalue weighted by molar-refractivity contribution is -0.152. The Morgan fingerprint density at radius 3 is 1.38 bits per heavy atom. The molecular weight excluding hydrogens is 476 g/mol. The number of unbranched alkanes of at least 4 members (excludes halogenated alkanes) is 9. The first-order valence-corrected chi connectivity index (χ1v) is 14.7. The number of carbonyl (C=O) groups is 2. The van der Waals surface area contributed by atoms with Crippen molar-refractivity contribution in [2.75, 3.05) is 52.9 Å². The normalized spacial score (nSPS) is 11.7. The van der Waals surface area contributed by atoms with Gasteiger partial charge >= 0.3 is 11.9 Å². The molecule has 8 nitrogen and oxygen atoms in total. The van der Waals surface area contributed by atoms with Crippen LogP contribution in [-0.4, -0.2) is 75.0 Å². The van der Waals surface area contributed by atoms with E-state index >= 15 is 0 Å². The average Bonchev–Trinajstić information content (AvgIpc) is 2.87. The fourth-order valence-corrected chi connectivity index (χ4v) is 4.23. The number of hydrogen-bond acceptors (Lipinski definition) is 6. The zero-order chi connectivity index (χ0) is 27.5. The van der Waals surface area contributed by atoms with Crippen LogP contribution in [0.1, 0.15) is 117 Å². The van der Waals surface area contributed by atoms with Gasteiger partial charge in [-0.15, -0.1) is 0 Å². The zero-order valence-electron chi connectivity index (χ0n) is 23.8. The van der Waals surface area contributed by atoms with Crippen molar-refractivity contribution in [1.82, 2.24) is 0 Å². The molecule has 0 heterocycles. The predicted octanol–water partition coefficient (Wildman–Crippen LogP) is 6.49. The van der Waals surface area contributed by atoms with Crippen LogP contribution in [0.4, 0.5) is 0 Å². The van der Waals surface area contributed by atoms with Gasteiger partial charge in [-0.2, -0.15) is 0 Å². The molecule has 0 aliphatic rings. The molecule has 0 fully saturated rings. The highest BCUT2D eigenvalue weighted by Gasteiger charge is 2.37. The first-order chi connectivity index (χ1) is 18.0. The lowest BCUT2D eigenvalue weighted by Gasteiger charge is -2.29. The number of carboxylic acid groups (broad SMARTS) is 2. The van der Waals surface area contributed by atoms with Gasteiger partial charge < -0.3 is 29.2 Å². The summed E-state index contributed by atoms with van der Waals surface area (Å²) in [6, 6.07) is 0. The molecule has 2 N–H and O–H groups in total. The summed E-state index contributed by atoms with van der Waals surface area (Å²) in [5, 5.41) is 18.9. The van der Waals surface area contributed by atoms with E-state index in [1.54, 1.807) is 0 Å². The van der Waals surface area contributed by atoms with Gasteiger partial charge in [0.2, 0.25) is 0 Å². The third-order valence-corrected chi connectivity index (χ3v) is 6.73. The minimum atomic E-state index is -0.908. The molecule has 0 aliphatic heterocycles. The lowest BCUT2D eigenvalue weighted by atomic mass is 9.77. The van der Waals surface area contributed by atoms with E-state index < -0.39 is 17.4 Å². The van der Waals surface area contributed by atoms with Crippen molar-refractivity contribution in [2.45, 2.75) is 117 Å². The number of aliphatic carboxylic acids is 2. The third kappa shape index (κ3) is 22.5. The van der Waals surface area contributed by atoms with Crippen LogP contribution in [0.2, 0.25) is 0 Å². The summed E-state index contributed by atoms with van der Waals surface area (Å²) in [6.07, 6.45) is 13.9. The number of carboxylic acids is 2. The molecule has 0 radical (unpaired) electrons. The van der Waals surface area contributed by atoms with Gasteiger partial charge in [0.15, 0.2) is 0 Å². The summed E-state index contributed by atoms with van der Waals surface area (Å²) in [5.41, 5.74) is -0.908. The topological polar surface area (TPSA) is 112 Å². The summed E-state index contributed by atoms with van der Waals surface area (Å²) in [4.78, 5) is 23.1. The van der Waals surface area contributed by atoms with Crippen LogP contribution in [0.5, 0.6) is 0 Å². The van der Waals surface area contributed by atoms with Gasteiger partial charge in [0.05, 0.1) is 31.8 Å². The molecule has 220 valence electrons. The van der Waals surface area contributed by atoms with Gasteiger partial charge in [-0.25, -0.2) is 0 Å². The largest absolute Gasteiger partial charge is 0.481 e. The first kappa shape index (κ1) is 35.8. The van der Waals surface area contributed by atoms with Crippen molar-refractivity contribution in [3.05, 3.63) is 0 Å². The van der Waals surface area contributed by atoms with E-state index in [9.17, 15) is 14.7 Å². The molecule has 8 heteroatoms.